The molecular formula is C52H39N. The van der Waals surface area contributed by atoms with E-state index in [4.69, 9.17) is 0 Å². The third-order valence-corrected chi connectivity index (χ3v) is 11.3. The average Bonchev–Trinajstić information content (AvgIpc) is 3.73. The summed E-state index contributed by atoms with van der Waals surface area (Å²) in [5, 5.41) is 2.56. The van der Waals surface area contributed by atoms with E-state index in [1.54, 1.807) is 0 Å². The maximum atomic E-state index is 2.45. The molecule has 0 aliphatic heterocycles. The van der Waals surface area contributed by atoms with Crippen LogP contribution in [-0.2, 0) is 6.42 Å². The van der Waals surface area contributed by atoms with Crippen LogP contribution in [0.25, 0.3) is 83.1 Å². The Morgan fingerprint density at radius 1 is 0.358 bits per heavy atom. The lowest BCUT2D eigenvalue weighted by Crippen LogP contribution is -1.96. The second-order valence-corrected chi connectivity index (χ2v) is 14.8. The third kappa shape index (κ3) is 5.31. The largest absolute Gasteiger partial charge is 0.309 e. The number of aromatic nitrogens is 1. The second-order valence-electron chi connectivity index (χ2n) is 14.8. The van der Waals surface area contributed by atoms with Crippen molar-refractivity contribution in [2.75, 3.05) is 0 Å². The second kappa shape index (κ2) is 12.4. The minimum absolute atomic E-state index is 0.998. The monoisotopic (exact) mass is 677 g/mol. The molecule has 1 aliphatic rings. The Balaban J connectivity index is 1.11. The van der Waals surface area contributed by atoms with Gasteiger partial charge in [0.15, 0.2) is 0 Å². The van der Waals surface area contributed by atoms with E-state index in [2.05, 4.69) is 195 Å². The molecule has 0 radical (unpaired) electrons. The Bertz CT molecular complexity index is 2880. The summed E-state index contributed by atoms with van der Waals surface area (Å²) in [7, 11) is 0. The highest BCUT2D eigenvalue weighted by Gasteiger charge is 2.20. The van der Waals surface area contributed by atoms with Crippen molar-refractivity contribution in [1.82, 2.24) is 4.57 Å². The van der Waals surface area contributed by atoms with E-state index in [9.17, 15) is 0 Å². The zero-order valence-electron chi connectivity index (χ0n) is 30.3. The molecule has 0 fully saturated rings. The van der Waals surface area contributed by atoms with Crippen LogP contribution in [0.1, 0.15) is 27.8 Å². The standard InChI is InChI=1S/C52H39N/c1-33-16-25-52-50(26-33)48-14-8-9-15-51(48)53(52)44-30-42(29-43(31-44)39-21-22-41-28-40-11-5-7-13-47(40)49(41)32-39)37-19-17-36(18-20-37)38-23-24-46(35(3)27-38)45-12-6-4-10-34(45)2/h4-27,29-32H,28H2,1-3H3. The Hall–Kier alpha value is -6.44. The topological polar surface area (TPSA) is 4.93 Å². The molecule has 252 valence electrons. The Labute approximate surface area is 311 Å². The minimum atomic E-state index is 0.998. The molecule has 9 aromatic rings. The lowest BCUT2D eigenvalue weighted by atomic mass is 9.92. The summed E-state index contributed by atoms with van der Waals surface area (Å²) in [5.41, 5.74) is 22.9. The molecular weight excluding hydrogens is 639 g/mol. The average molecular weight is 678 g/mol. The first-order valence-electron chi connectivity index (χ1n) is 18.6. The number of aryl methyl sites for hydroxylation is 3. The molecule has 1 heteroatoms. The predicted molar refractivity (Wildman–Crippen MR) is 225 cm³/mol. The molecule has 0 atom stereocenters. The van der Waals surface area contributed by atoms with Crippen molar-refractivity contribution >= 4 is 21.8 Å². The van der Waals surface area contributed by atoms with E-state index < -0.39 is 0 Å². The van der Waals surface area contributed by atoms with Gasteiger partial charge in [0.05, 0.1) is 11.0 Å². The molecule has 53 heavy (non-hydrogen) atoms. The SMILES string of the molecule is Cc1ccc2c(c1)c1ccccc1n2-c1cc(-c2ccc(-c3ccc(-c4ccccc4C)c(C)c3)cc2)cc(-c2ccc3c(c2)-c2ccccc2C3)c1. The van der Waals surface area contributed by atoms with Crippen LogP contribution in [0.5, 0.6) is 0 Å². The van der Waals surface area contributed by atoms with Gasteiger partial charge in [0.1, 0.15) is 0 Å². The van der Waals surface area contributed by atoms with E-state index in [0.29, 0.717) is 0 Å². The fourth-order valence-corrected chi connectivity index (χ4v) is 8.62. The van der Waals surface area contributed by atoms with Crippen molar-refractivity contribution in [1.29, 1.82) is 0 Å². The van der Waals surface area contributed by atoms with Gasteiger partial charge in [0.2, 0.25) is 0 Å². The molecule has 0 unspecified atom stereocenters. The molecule has 1 nitrogen and oxygen atoms in total. The first kappa shape index (κ1) is 31.3. The van der Waals surface area contributed by atoms with Crippen LogP contribution in [0.2, 0.25) is 0 Å². The first-order chi connectivity index (χ1) is 26.0. The highest BCUT2D eigenvalue weighted by Crippen LogP contribution is 2.41. The molecule has 10 rings (SSSR count). The number of nitrogens with zero attached hydrogens (tertiary/aromatic N) is 1. The van der Waals surface area contributed by atoms with Crippen LogP contribution < -0.4 is 0 Å². The predicted octanol–water partition coefficient (Wildman–Crippen LogP) is 13.9. The zero-order chi connectivity index (χ0) is 35.6. The van der Waals surface area contributed by atoms with Gasteiger partial charge in [0, 0.05) is 16.5 Å². The summed E-state index contributed by atoms with van der Waals surface area (Å²) in [6, 6.07) is 63.3. The maximum absolute atomic E-state index is 2.45. The lowest BCUT2D eigenvalue weighted by molar-refractivity contribution is 1.18. The molecule has 0 bridgehead atoms. The zero-order valence-corrected chi connectivity index (χ0v) is 30.3. The highest BCUT2D eigenvalue weighted by molar-refractivity contribution is 6.09. The Morgan fingerprint density at radius 2 is 0.962 bits per heavy atom. The molecule has 0 spiro atoms. The summed E-state index contributed by atoms with van der Waals surface area (Å²) < 4.78 is 2.45. The van der Waals surface area contributed by atoms with E-state index >= 15 is 0 Å². The lowest BCUT2D eigenvalue weighted by Gasteiger charge is -2.15. The van der Waals surface area contributed by atoms with Gasteiger partial charge in [-0.15, -0.1) is 0 Å². The van der Waals surface area contributed by atoms with E-state index in [0.717, 1.165) is 6.42 Å². The van der Waals surface area contributed by atoms with Gasteiger partial charge in [-0.05, 0) is 148 Å². The van der Waals surface area contributed by atoms with Crippen LogP contribution in [0.3, 0.4) is 0 Å². The molecule has 0 N–H and O–H groups in total. The minimum Gasteiger partial charge on any atom is -0.309 e. The van der Waals surface area contributed by atoms with Gasteiger partial charge < -0.3 is 4.57 Å². The van der Waals surface area contributed by atoms with Crippen LogP contribution in [-0.4, -0.2) is 4.57 Å². The van der Waals surface area contributed by atoms with Crippen molar-refractivity contribution in [3.8, 4) is 61.3 Å². The summed E-state index contributed by atoms with van der Waals surface area (Å²) in [6.07, 6.45) is 0.998. The number of para-hydroxylation sites is 1. The van der Waals surface area contributed by atoms with Crippen LogP contribution in [0.15, 0.2) is 170 Å². The third-order valence-electron chi connectivity index (χ3n) is 11.3. The van der Waals surface area contributed by atoms with Crippen LogP contribution in [0.4, 0.5) is 0 Å². The van der Waals surface area contributed by atoms with Crippen molar-refractivity contribution in [2.45, 2.75) is 27.2 Å². The Morgan fingerprint density at radius 3 is 1.77 bits per heavy atom. The van der Waals surface area contributed by atoms with E-state index in [1.165, 1.54) is 111 Å². The number of rotatable bonds is 5. The van der Waals surface area contributed by atoms with Gasteiger partial charge in [-0.25, -0.2) is 0 Å². The number of benzene rings is 8. The highest BCUT2D eigenvalue weighted by atomic mass is 15.0. The fourth-order valence-electron chi connectivity index (χ4n) is 8.62. The molecule has 0 amide bonds. The molecule has 1 heterocycles. The summed E-state index contributed by atoms with van der Waals surface area (Å²) >= 11 is 0. The van der Waals surface area contributed by atoms with Crippen LogP contribution >= 0.6 is 0 Å². The quantitative estimate of drug-likeness (QED) is 0.171. The van der Waals surface area contributed by atoms with Crippen molar-refractivity contribution < 1.29 is 0 Å². The van der Waals surface area contributed by atoms with Gasteiger partial charge in [-0.2, -0.15) is 0 Å². The number of hydrogen-bond donors (Lipinski definition) is 0. The molecule has 0 saturated heterocycles. The Kier molecular flexibility index (Phi) is 7.30. The normalized spacial score (nSPS) is 12.0. The van der Waals surface area contributed by atoms with E-state index in [1.807, 2.05) is 0 Å². The molecule has 1 aliphatic carbocycles. The summed E-state index contributed by atoms with van der Waals surface area (Å²) in [6.45, 7) is 6.59. The van der Waals surface area contributed by atoms with E-state index in [-0.39, 0.29) is 0 Å². The fraction of sp³-hybridized carbons (Fsp3) is 0.0769. The van der Waals surface area contributed by atoms with Crippen molar-refractivity contribution in [3.63, 3.8) is 0 Å². The van der Waals surface area contributed by atoms with Gasteiger partial charge in [-0.1, -0.05) is 133 Å². The first-order valence-corrected chi connectivity index (χ1v) is 18.6. The summed E-state index contributed by atoms with van der Waals surface area (Å²) in [4.78, 5) is 0. The van der Waals surface area contributed by atoms with Gasteiger partial charge in [-0.3, -0.25) is 0 Å². The molecule has 0 saturated carbocycles. The smallest absolute Gasteiger partial charge is 0.0541 e. The number of hydrogen-bond acceptors (Lipinski definition) is 0. The van der Waals surface area contributed by atoms with Crippen LogP contribution in [0, 0.1) is 20.8 Å². The van der Waals surface area contributed by atoms with Gasteiger partial charge in [0.25, 0.3) is 0 Å². The molecule has 8 aromatic carbocycles. The summed E-state index contributed by atoms with van der Waals surface area (Å²) in [5.74, 6) is 0. The molecule has 1 aromatic heterocycles. The maximum Gasteiger partial charge on any atom is 0.0541 e. The van der Waals surface area contributed by atoms with Crippen molar-refractivity contribution in [3.05, 3.63) is 198 Å². The van der Waals surface area contributed by atoms with Gasteiger partial charge >= 0.3 is 0 Å². The van der Waals surface area contributed by atoms with Crippen molar-refractivity contribution in [2.24, 2.45) is 0 Å². The number of fused-ring (bicyclic) bond motifs is 6.